The summed E-state index contributed by atoms with van der Waals surface area (Å²) in [5, 5.41) is 5.25. The SMILES string of the molecule is CCNC(=O)c1c(-c2ccc(OC(C)C)cc2)csc1N. The van der Waals surface area contributed by atoms with Crippen LogP contribution < -0.4 is 15.8 Å². The quantitative estimate of drug-likeness (QED) is 0.888. The molecule has 4 nitrogen and oxygen atoms in total. The van der Waals surface area contributed by atoms with Crippen molar-refractivity contribution >= 4 is 22.2 Å². The second-order valence-electron chi connectivity index (χ2n) is 4.94. The maximum atomic E-state index is 12.1. The molecule has 0 aliphatic heterocycles. The van der Waals surface area contributed by atoms with Crippen molar-refractivity contribution in [2.75, 3.05) is 12.3 Å². The summed E-state index contributed by atoms with van der Waals surface area (Å²) in [5.41, 5.74) is 8.31. The zero-order chi connectivity index (χ0) is 15.4. The highest BCUT2D eigenvalue weighted by Crippen LogP contribution is 2.34. The van der Waals surface area contributed by atoms with Gasteiger partial charge in [-0.05, 0) is 38.5 Å². The van der Waals surface area contributed by atoms with E-state index < -0.39 is 0 Å². The van der Waals surface area contributed by atoms with Crippen molar-refractivity contribution in [2.24, 2.45) is 0 Å². The van der Waals surface area contributed by atoms with Crippen molar-refractivity contribution in [3.63, 3.8) is 0 Å². The Balaban J connectivity index is 2.32. The molecule has 0 aliphatic rings. The van der Waals surface area contributed by atoms with E-state index in [1.54, 1.807) is 0 Å². The first kappa shape index (κ1) is 15.4. The lowest BCUT2D eigenvalue weighted by atomic mass is 10.0. The Morgan fingerprint density at radius 1 is 1.33 bits per heavy atom. The van der Waals surface area contributed by atoms with Gasteiger partial charge in [0.05, 0.1) is 16.7 Å². The van der Waals surface area contributed by atoms with Gasteiger partial charge in [0.2, 0.25) is 0 Å². The van der Waals surface area contributed by atoms with E-state index in [1.807, 2.05) is 50.4 Å². The van der Waals surface area contributed by atoms with Gasteiger partial charge in [0.1, 0.15) is 5.75 Å². The van der Waals surface area contributed by atoms with E-state index in [-0.39, 0.29) is 12.0 Å². The van der Waals surface area contributed by atoms with Gasteiger partial charge in [-0.25, -0.2) is 0 Å². The molecule has 1 aromatic heterocycles. The molecular weight excluding hydrogens is 284 g/mol. The lowest BCUT2D eigenvalue weighted by molar-refractivity contribution is 0.0957. The topological polar surface area (TPSA) is 64.3 Å². The van der Waals surface area contributed by atoms with Crippen LogP contribution in [0.25, 0.3) is 11.1 Å². The van der Waals surface area contributed by atoms with E-state index in [9.17, 15) is 4.79 Å². The molecular formula is C16H20N2O2S. The van der Waals surface area contributed by atoms with E-state index in [4.69, 9.17) is 10.5 Å². The molecule has 0 spiro atoms. The molecule has 3 N–H and O–H groups in total. The first-order valence-electron chi connectivity index (χ1n) is 6.95. The molecule has 5 heteroatoms. The predicted octanol–water partition coefficient (Wildman–Crippen LogP) is 3.53. The summed E-state index contributed by atoms with van der Waals surface area (Å²) >= 11 is 1.38. The number of carbonyl (C=O) groups is 1. The Bertz CT molecular complexity index is 618. The fraction of sp³-hybridized carbons (Fsp3) is 0.312. The molecule has 21 heavy (non-hydrogen) atoms. The first-order chi connectivity index (χ1) is 10.0. The van der Waals surface area contributed by atoms with Gasteiger partial charge in [-0.2, -0.15) is 0 Å². The van der Waals surface area contributed by atoms with E-state index in [0.29, 0.717) is 17.1 Å². The molecule has 0 saturated heterocycles. The van der Waals surface area contributed by atoms with Crippen LogP contribution >= 0.6 is 11.3 Å². The molecule has 0 saturated carbocycles. The third-order valence-corrected chi connectivity index (χ3v) is 3.73. The average Bonchev–Trinajstić information content (AvgIpc) is 2.81. The number of benzene rings is 1. The Labute approximate surface area is 128 Å². The zero-order valence-corrected chi connectivity index (χ0v) is 13.3. The molecule has 0 fully saturated rings. The molecule has 2 rings (SSSR count). The van der Waals surface area contributed by atoms with Crippen LogP contribution in [0.4, 0.5) is 5.00 Å². The third-order valence-electron chi connectivity index (χ3n) is 2.92. The molecule has 1 aromatic carbocycles. The number of anilines is 1. The predicted molar refractivity (Wildman–Crippen MR) is 87.9 cm³/mol. The van der Waals surface area contributed by atoms with Crippen LogP contribution in [0.15, 0.2) is 29.6 Å². The Kier molecular flexibility index (Phi) is 4.85. The van der Waals surface area contributed by atoms with Crippen molar-refractivity contribution in [1.82, 2.24) is 5.32 Å². The van der Waals surface area contributed by atoms with Crippen LogP contribution in [0.2, 0.25) is 0 Å². The lowest BCUT2D eigenvalue weighted by Gasteiger charge is -2.10. The molecule has 0 atom stereocenters. The number of amides is 1. The first-order valence-corrected chi connectivity index (χ1v) is 7.83. The number of nitrogens with two attached hydrogens (primary N) is 1. The van der Waals surface area contributed by atoms with E-state index in [1.165, 1.54) is 11.3 Å². The number of hydrogen-bond acceptors (Lipinski definition) is 4. The smallest absolute Gasteiger partial charge is 0.254 e. The normalized spacial score (nSPS) is 10.7. The second kappa shape index (κ2) is 6.63. The molecule has 1 amide bonds. The summed E-state index contributed by atoms with van der Waals surface area (Å²) in [6, 6.07) is 7.71. The van der Waals surface area contributed by atoms with Crippen LogP contribution in [0, 0.1) is 0 Å². The van der Waals surface area contributed by atoms with Gasteiger partial charge in [-0.15, -0.1) is 11.3 Å². The number of carbonyl (C=O) groups excluding carboxylic acids is 1. The minimum atomic E-state index is -0.131. The van der Waals surface area contributed by atoms with E-state index in [2.05, 4.69) is 5.32 Å². The molecule has 1 heterocycles. The average molecular weight is 304 g/mol. The Hall–Kier alpha value is -2.01. The molecule has 112 valence electrons. The van der Waals surface area contributed by atoms with Crippen molar-refractivity contribution in [1.29, 1.82) is 0 Å². The molecule has 0 unspecified atom stereocenters. The Morgan fingerprint density at radius 2 is 2.00 bits per heavy atom. The number of thiophene rings is 1. The van der Waals surface area contributed by atoms with Gasteiger partial charge in [0, 0.05) is 17.5 Å². The minimum absolute atomic E-state index is 0.131. The maximum absolute atomic E-state index is 12.1. The largest absolute Gasteiger partial charge is 0.491 e. The zero-order valence-electron chi connectivity index (χ0n) is 12.5. The molecule has 0 aliphatic carbocycles. The Morgan fingerprint density at radius 3 is 2.57 bits per heavy atom. The van der Waals surface area contributed by atoms with Crippen LogP contribution in [-0.4, -0.2) is 18.6 Å². The number of nitrogen functional groups attached to an aromatic ring is 1. The fourth-order valence-corrected chi connectivity index (χ4v) is 2.87. The number of ether oxygens (including phenoxy) is 1. The molecule has 2 aromatic rings. The van der Waals surface area contributed by atoms with Gasteiger partial charge >= 0.3 is 0 Å². The van der Waals surface area contributed by atoms with Gasteiger partial charge in [-0.3, -0.25) is 4.79 Å². The van der Waals surface area contributed by atoms with E-state index >= 15 is 0 Å². The van der Waals surface area contributed by atoms with Crippen LogP contribution in [0.5, 0.6) is 5.75 Å². The standard InChI is InChI=1S/C16H20N2O2S/c1-4-18-16(19)14-13(9-21-15(14)17)11-5-7-12(8-6-11)20-10(2)3/h5-10H,4,17H2,1-3H3,(H,18,19). The summed E-state index contributed by atoms with van der Waals surface area (Å²) in [4.78, 5) is 12.1. The van der Waals surface area contributed by atoms with Gasteiger partial charge in [-0.1, -0.05) is 12.1 Å². The highest BCUT2D eigenvalue weighted by Gasteiger charge is 2.18. The van der Waals surface area contributed by atoms with Gasteiger partial charge < -0.3 is 15.8 Å². The van der Waals surface area contributed by atoms with Crippen LogP contribution in [0.3, 0.4) is 0 Å². The number of hydrogen-bond donors (Lipinski definition) is 2. The minimum Gasteiger partial charge on any atom is -0.491 e. The lowest BCUT2D eigenvalue weighted by Crippen LogP contribution is -2.23. The molecule has 0 radical (unpaired) electrons. The summed E-state index contributed by atoms with van der Waals surface area (Å²) < 4.78 is 5.63. The summed E-state index contributed by atoms with van der Waals surface area (Å²) in [5.74, 6) is 0.685. The second-order valence-corrected chi connectivity index (χ2v) is 5.85. The van der Waals surface area contributed by atoms with E-state index in [0.717, 1.165) is 16.9 Å². The van der Waals surface area contributed by atoms with Crippen molar-refractivity contribution in [3.8, 4) is 16.9 Å². The van der Waals surface area contributed by atoms with Crippen LogP contribution in [0.1, 0.15) is 31.1 Å². The van der Waals surface area contributed by atoms with Gasteiger partial charge in [0.25, 0.3) is 5.91 Å². The molecule has 0 bridgehead atoms. The monoisotopic (exact) mass is 304 g/mol. The van der Waals surface area contributed by atoms with Crippen molar-refractivity contribution < 1.29 is 9.53 Å². The van der Waals surface area contributed by atoms with Crippen LogP contribution in [-0.2, 0) is 0 Å². The van der Waals surface area contributed by atoms with Crippen molar-refractivity contribution in [3.05, 3.63) is 35.2 Å². The highest BCUT2D eigenvalue weighted by atomic mass is 32.1. The third kappa shape index (κ3) is 3.55. The maximum Gasteiger partial charge on any atom is 0.254 e. The number of rotatable bonds is 5. The summed E-state index contributed by atoms with van der Waals surface area (Å²) in [6.07, 6.45) is 0.138. The summed E-state index contributed by atoms with van der Waals surface area (Å²) in [7, 11) is 0. The fourth-order valence-electron chi connectivity index (χ4n) is 2.05. The van der Waals surface area contributed by atoms with Gasteiger partial charge in [0.15, 0.2) is 0 Å². The highest BCUT2D eigenvalue weighted by molar-refractivity contribution is 7.15. The summed E-state index contributed by atoms with van der Waals surface area (Å²) in [6.45, 7) is 6.44. The number of nitrogens with one attached hydrogen (secondary N) is 1. The van der Waals surface area contributed by atoms with Crippen molar-refractivity contribution in [2.45, 2.75) is 26.9 Å².